The number of carbonyl (C=O) groups is 2. The first-order chi connectivity index (χ1) is 19.4. The molecule has 5 aromatic rings. The maximum atomic E-state index is 12.4. The fourth-order valence-electron chi connectivity index (χ4n) is 4.42. The molecule has 6 nitrogen and oxygen atoms in total. The molecule has 1 heterocycles. The number of carboxylic acids is 1. The summed E-state index contributed by atoms with van der Waals surface area (Å²) >= 11 is 12.6. The van der Waals surface area contributed by atoms with E-state index < -0.39 is 5.97 Å². The average molecular weight is 570 g/mol. The van der Waals surface area contributed by atoms with Crippen LogP contribution in [-0.2, 0) is 11.3 Å². The Labute approximate surface area is 241 Å². The Morgan fingerprint density at radius 3 is 2.12 bits per heavy atom. The Hall–Kier alpha value is -4.39. The normalized spacial score (nSPS) is 10.8. The van der Waals surface area contributed by atoms with Crippen molar-refractivity contribution in [1.29, 1.82) is 0 Å². The number of nitrogens with zero attached hydrogens (tertiary/aromatic N) is 2. The molecule has 0 atom stereocenters. The van der Waals surface area contributed by atoms with E-state index in [0.29, 0.717) is 22.2 Å². The highest BCUT2D eigenvalue weighted by Gasteiger charge is 2.15. The topological polar surface area (TPSA) is 84.2 Å². The number of halogens is 2. The minimum atomic E-state index is -0.959. The number of carboxylic acid groups (broad SMARTS) is 1. The highest BCUT2D eigenvalue weighted by Crippen LogP contribution is 2.32. The van der Waals surface area contributed by atoms with E-state index in [1.54, 1.807) is 18.2 Å². The Bertz CT molecular complexity index is 1640. The Morgan fingerprint density at radius 2 is 1.43 bits per heavy atom. The monoisotopic (exact) mass is 569 g/mol. The molecule has 1 aromatic heterocycles. The molecule has 5 rings (SSSR count). The van der Waals surface area contributed by atoms with Gasteiger partial charge in [0.1, 0.15) is 0 Å². The molecule has 4 aromatic carbocycles. The summed E-state index contributed by atoms with van der Waals surface area (Å²) in [6.45, 7) is 0.533. The molecule has 2 N–H and O–H groups in total. The van der Waals surface area contributed by atoms with Crippen LogP contribution >= 0.6 is 23.2 Å². The minimum Gasteiger partial charge on any atom is -0.481 e. The lowest BCUT2D eigenvalue weighted by Crippen LogP contribution is -2.25. The Kier molecular flexibility index (Phi) is 8.29. The number of hydrogen-bond acceptors (Lipinski definition) is 3. The summed E-state index contributed by atoms with van der Waals surface area (Å²) in [6, 6.07) is 33.1. The van der Waals surface area contributed by atoms with Crippen molar-refractivity contribution in [3.8, 4) is 33.6 Å². The number of amides is 1. The van der Waals surface area contributed by atoms with Crippen molar-refractivity contribution in [1.82, 2.24) is 15.1 Å². The SMILES string of the molecule is O=C(O)CCNC(=O)c1ccc(Cn2nc(-c3cc(Cl)cc(Cl)c3)cc2-c2cccc(-c3ccccc3)c2)cc1. The largest absolute Gasteiger partial charge is 0.481 e. The van der Waals surface area contributed by atoms with E-state index in [1.807, 2.05) is 59.3 Å². The molecule has 8 heteroatoms. The summed E-state index contributed by atoms with van der Waals surface area (Å²) in [4.78, 5) is 23.1. The van der Waals surface area contributed by atoms with Crippen molar-refractivity contribution in [2.45, 2.75) is 13.0 Å². The Balaban J connectivity index is 1.48. The van der Waals surface area contributed by atoms with Crippen LogP contribution in [0.3, 0.4) is 0 Å². The molecular weight excluding hydrogens is 545 g/mol. The zero-order valence-corrected chi connectivity index (χ0v) is 22.9. The van der Waals surface area contributed by atoms with Gasteiger partial charge in [0.25, 0.3) is 5.91 Å². The van der Waals surface area contributed by atoms with Gasteiger partial charge in [0.05, 0.1) is 24.4 Å². The fourth-order valence-corrected chi connectivity index (χ4v) is 4.95. The van der Waals surface area contributed by atoms with Gasteiger partial charge in [-0.1, -0.05) is 83.9 Å². The van der Waals surface area contributed by atoms with Crippen LogP contribution in [-0.4, -0.2) is 33.3 Å². The lowest BCUT2D eigenvalue weighted by atomic mass is 10.0. The molecule has 0 saturated carbocycles. The second kappa shape index (κ2) is 12.2. The third-order valence-electron chi connectivity index (χ3n) is 6.38. The predicted molar refractivity (Wildman–Crippen MR) is 159 cm³/mol. The van der Waals surface area contributed by atoms with Gasteiger partial charge in [0.15, 0.2) is 0 Å². The van der Waals surface area contributed by atoms with Crippen molar-refractivity contribution in [2.75, 3.05) is 6.54 Å². The quantitative estimate of drug-likeness (QED) is 0.193. The van der Waals surface area contributed by atoms with Crippen LogP contribution in [0.5, 0.6) is 0 Å². The van der Waals surface area contributed by atoms with E-state index in [9.17, 15) is 9.59 Å². The van der Waals surface area contributed by atoms with E-state index in [-0.39, 0.29) is 18.9 Å². The van der Waals surface area contributed by atoms with Crippen LogP contribution in [0.4, 0.5) is 0 Å². The Morgan fingerprint density at radius 1 is 0.750 bits per heavy atom. The third-order valence-corrected chi connectivity index (χ3v) is 6.81. The molecule has 0 aliphatic heterocycles. The maximum absolute atomic E-state index is 12.4. The fraction of sp³-hybridized carbons (Fsp3) is 0.0938. The van der Waals surface area contributed by atoms with Crippen LogP contribution in [0.15, 0.2) is 103 Å². The molecule has 0 radical (unpaired) electrons. The van der Waals surface area contributed by atoms with E-state index >= 15 is 0 Å². The molecule has 0 fully saturated rings. The van der Waals surface area contributed by atoms with E-state index in [0.717, 1.165) is 39.2 Å². The van der Waals surface area contributed by atoms with Crippen LogP contribution < -0.4 is 5.32 Å². The van der Waals surface area contributed by atoms with Crippen molar-refractivity contribution in [3.63, 3.8) is 0 Å². The van der Waals surface area contributed by atoms with Gasteiger partial charge in [0, 0.05) is 33.3 Å². The van der Waals surface area contributed by atoms with Crippen LogP contribution in [0.25, 0.3) is 33.6 Å². The van der Waals surface area contributed by atoms with Gasteiger partial charge in [0.2, 0.25) is 0 Å². The second-order valence-corrected chi connectivity index (χ2v) is 10.1. The lowest BCUT2D eigenvalue weighted by Gasteiger charge is -2.10. The molecular formula is C32H25Cl2N3O3. The van der Waals surface area contributed by atoms with Crippen molar-refractivity contribution < 1.29 is 14.7 Å². The van der Waals surface area contributed by atoms with Crippen molar-refractivity contribution >= 4 is 35.1 Å². The molecule has 0 saturated heterocycles. The number of hydrogen-bond donors (Lipinski definition) is 2. The predicted octanol–water partition coefficient (Wildman–Crippen LogP) is 7.44. The summed E-state index contributed by atoms with van der Waals surface area (Å²) in [5.41, 5.74) is 7.08. The van der Waals surface area contributed by atoms with Gasteiger partial charge in [-0.2, -0.15) is 5.10 Å². The van der Waals surface area contributed by atoms with Crippen LogP contribution in [0.2, 0.25) is 10.0 Å². The van der Waals surface area contributed by atoms with Gasteiger partial charge in [-0.25, -0.2) is 0 Å². The first-order valence-electron chi connectivity index (χ1n) is 12.6. The van der Waals surface area contributed by atoms with Gasteiger partial charge in [-0.3, -0.25) is 14.3 Å². The first kappa shape index (κ1) is 27.2. The minimum absolute atomic E-state index is 0.0743. The first-order valence-corrected chi connectivity index (χ1v) is 13.4. The number of aromatic nitrogens is 2. The van der Waals surface area contributed by atoms with E-state index in [1.165, 1.54) is 0 Å². The van der Waals surface area contributed by atoms with Gasteiger partial charge in [-0.15, -0.1) is 0 Å². The molecule has 0 spiro atoms. The molecule has 0 bridgehead atoms. The summed E-state index contributed by atoms with van der Waals surface area (Å²) in [5, 5.41) is 17.4. The molecule has 0 aliphatic rings. The molecule has 0 unspecified atom stereocenters. The summed E-state index contributed by atoms with van der Waals surface area (Å²) in [7, 11) is 0. The smallest absolute Gasteiger partial charge is 0.305 e. The zero-order valence-electron chi connectivity index (χ0n) is 21.4. The average Bonchev–Trinajstić information content (AvgIpc) is 3.37. The summed E-state index contributed by atoms with van der Waals surface area (Å²) in [6.07, 6.45) is -0.127. The zero-order chi connectivity index (χ0) is 28.1. The van der Waals surface area contributed by atoms with Crippen molar-refractivity contribution in [3.05, 3.63) is 124 Å². The molecule has 1 amide bonds. The maximum Gasteiger partial charge on any atom is 0.305 e. The van der Waals surface area contributed by atoms with Gasteiger partial charge < -0.3 is 10.4 Å². The standard InChI is InChI=1S/C32H25Cl2N3O3/c33-27-16-26(17-28(34)18-27)29-19-30(25-8-4-7-24(15-25)22-5-2-1-3-6-22)37(36-29)20-21-9-11-23(12-10-21)32(40)35-14-13-31(38)39/h1-12,15-19H,13-14,20H2,(H,35,40)(H,38,39). The highest BCUT2D eigenvalue weighted by atomic mass is 35.5. The van der Waals surface area contributed by atoms with E-state index in [2.05, 4.69) is 35.6 Å². The van der Waals surface area contributed by atoms with Crippen molar-refractivity contribution in [2.24, 2.45) is 0 Å². The molecule has 40 heavy (non-hydrogen) atoms. The second-order valence-electron chi connectivity index (χ2n) is 9.27. The lowest BCUT2D eigenvalue weighted by molar-refractivity contribution is -0.136. The van der Waals surface area contributed by atoms with E-state index in [4.69, 9.17) is 33.4 Å². The van der Waals surface area contributed by atoms with Crippen LogP contribution in [0, 0.1) is 0 Å². The van der Waals surface area contributed by atoms with Gasteiger partial charge >= 0.3 is 5.97 Å². The summed E-state index contributed by atoms with van der Waals surface area (Å²) in [5.74, 6) is -1.27. The van der Waals surface area contributed by atoms with Gasteiger partial charge in [-0.05, 0) is 59.2 Å². The molecule has 200 valence electrons. The highest BCUT2D eigenvalue weighted by molar-refractivity contribution is 6.35. The number of rotatable bonds is 9. The number of nitrogens with one attached hydrogen (secondary N) is 1. The molecule has 0 aliphatic carbocycles. The van der Waals surface area contributed by atoms with Crippen LogP contribution in [0.1, 0.15) is 22.3 Å². The number of carbonyl (C=O) groups excluding carboxylic acids is 1. The number of benzene rings is 4. The third kappa shape index (κ3) is 6.60. The number of aliphatic carboxylic acids is 1. The summed E-state index contributed by atoms with van der Waals surface area (Å²) < 4.78 is 1.93.